The van der Waals surface area contributed by atoms with Gasteiger partial charge < -0.3 is 0 Å². The van der Waals surface area contributed by atoms with Crippen LogP contribution in [0, 0.1) is 12.7 Å². The second kappa shape index (κ2) is 6.24. The highest BCUT2D eigenvalue weighted by Gasteiger charge is 2.13. The van der Waals surface area contributed by atoms with Crippen LogP contribution >= 0.6 is 0 Å². The van der Waals surface area contributed by atoms with E-state index in [0.717, 1.165) is 11.1 Å². The lowest BCUT2D eigenvalue weighted by Crippen LogP contribution is -2.04. The molecule has 1 heterocycles. The van der Waals surface area contributed by atoms with Crippen molar-refractivity contribution in [2.45, 2.75) is 26.7 Å². The molecule has 0 atom stereocenters. The number of hydrogen-bond acceptors (Lipinski definition) is 3. The minimum Gasteiger partial charge on any atom is -0.213 e. The van der Waals surface area contributed by atoms with Crippen molar-refractivity contribution in [1.29, 1.82) is 0 Å². The minimum atomic E-state index is -0.300. The molecule has 0 unspecified atom stereocenters. The molecule has 4 heteroatoms. The molecule has 23 heavy (non-hydrogen) atoms. The summed E-state index contributed by atoms with van der Waals surface area (Å²) in [6.07, 6.45) is 0. The van der Waals surface area contributed by atoms with Crippen LogP contribution < -0.4 is 0 Å². The van der Waals surface area contributed by atoms with Gasteiger partial charge in [0, 0.05) is 17.0 Å². The number of aromatic nitrogens is 3. The first kappa shape index (κ1) is 15.3. The fourth-order valence-electron chi connectivity index (χ4n) is 2.32. The highest BCUT2D eigenvalue weighted by atomic mass is 19.1. The van der Waals surface area contributed by atoms with Gasteiger partial charge in [0.05, 0.1) is 0 Å². The zero-order chi connectivity index (χ0) is 16.4. The van der Waals surface area contributed by atoms with Gasteiger partial charge in [0.25, 0.3) is 0 Å². The maximum Gasteiger partial charge on any atom is 0.163 e. The molecule has 0 aliphatic carbocycles. The molecule has 3 rings (SSSR count). The fourth-order valence-corrected chi connectivity index (χ4v) is 2.32. The molecule has 0 radical (unpaired) electrons. The Morgan fingerprint density at radius 2 is 1.43 bits per heavy atom. The molecule has 0 N–H and O–H groups in total. The van der Waals surface area contributed by atoms with E-state index >= 15 is 0 Å². The summed E-state index contributed by atoms with van der Waals surface area (Å²) >= 11 is 0. The smallest absolute Gasteiger partial charge is 0.163 e. The Bertz CT molecular complexity index is 780. The summed E-state index contributed by atoms with van der Waals surface area (Å²) in [5.41, 5.74) is 2.73. The highest BCUT2D eigenvalue weighted by molar-refractivity contribution is 5.61. The third-order valence-corrected chi connectivity index (χ3v) is 3.53. The van der Waals surface area contributed by atoms with Gasteiger partial charge in [-0.15, -0.1) is 0 Å². The summed E-state index contributed by atoms with van der Waals surface area (Å²) in [5.74, 6) is 1.68. The van der Waals surface area contributed by atoms with Crippen molar-refractivity contribution >= 4 is 0 Å². The first-order chi connectivity index (χ1) is 11.0. The van der Waals surface area contributed by atoms with E-state index in [1.165, 1.54) is 12.1 Å². The van der Waals surface area contributed by atoms with Crippen molar-refractivity contribution in [2.24, 2.45) is 0 Å². The lowest BCUT2D eigenvalue weighted by molar-refractivity contribution is 0.628. The summed E-state index contributed by atoms with van der Waals surface area (Å²) in [6, 6.07) is 14.3. The van der Waals surface area contributed by atoms with Gasteiger partial charge in [-0.2, -0.15) is 0 Å². The molecule has 2 aromatic carbocycles. The summed E-state index contributed by atoms with van der Waals surface area (Å²) in [7, 11) is 0. The van der Waals surface area contributed by atoms with E-state index in [1.807, 2.05) is 51.1 Å². The number of rotatable bonds is 3. The average Bonchev–Trinajstić information content (AvgIpc) is 2.54. The van der Waals surface area contributed by atoms with Gasteiger partial charge >= 0.3 is 0 Å². The quantitative estimate of drug-likeness (QED) is 0.699. The maximum absolute atomic E-state index is 13.5. The Morgan fingerprint density at radius 1 is 0.826 bits per heavy atom. The van der Waals surface area contributed by atoms with Gasteiger partial charge in [-0.25, -0.2) is 19.3 Å². The van der Waals surface area contributed by atoms with Crippen molar-refractivity contribution in [2.75, 3.05) is 0 Å². The molecule has 0 aliphatic rings. The topological polar surface area (TPSA) is 38.7 Å². The average molecular weight is 307 g/mol. The van der Waals surface area contributed by atoms with Gasteiger partial charge in [0.1, 0.15) is 11.6 Å². The first-order valence-electron chi connectivity index (χ1n) is 7.62. The van der Waals surface area contributed by atoms with Crippen molar-refractivity contribution in [3.8, 4) is 22.8 Å². The molecular formula is C19H18FN3. The Kier molecular flexibility index (Phi) is 4.15. The maximum atomic E-state index is 13.5. The number of halogens is 1. The predicted molar refractivity (Wildman–Crippen MR) is 89.5 cm³/mol. The van der Waals surface area contributed by atoms with Crippen molar-refractivity contribution in [3.05, 3.63) is 65.7 Å². The second-order valence-electron chi connectivity index (χ2n) is 5.88. The molecular weight excluding hydrogens is 289 g/mol. The van der Waals surface area contributed by atoms with Crippen LogP contribution in [0.15, 0.2) is 48.5 Å². The van der Waals surface area contributed by atoms with Crippen LogP contribution in [0.4, 0.5) is 4.39 Å². The molecule has 3 aromatic rings. The standard InChI is InChI=1S/C19H18FN3/c1-12(2)17-21-18(14-7-4-6-13(3)10-14)23-19(22-17)15-8-5-9-16(20)11-15/h4-12H,1-3H3. The van der Waals surface area contributed by atoms with E-state index in [2.05, 4.69) is 15.0 Å². The van der Waals surface area contributed by atoms with E-state index in [4.69, 9.17) is 0 Å². The van der Waals surface area contributed by atoms with E-state index in [1.54, 1.807) is 6.07 Å². The van der Waals surface area contributed by atoms with E-state index in [0.29, 0.717) is 23.0 Å². The van der Waals surface area contributed by atoms with Crippen molar-refractivity contribution in [3.63, 3.8) is 0 Å². The molecule has 116 valence electrons. The Hall–Kier alpha value is -2.62. The fraction of sp³-hybridized carbons (Fsp3) is 0.211. The zero-order valence-electron chi connectivity index (χ0n) is 13.4. The number of hydrogen-bond donors (Lipinski definition) is 0. The van der Waals surface area contributed by atoms with Crippen LogP contribution in [-0.2, 0) is 0 Å². The molecule has 1 aromatic heterocycles. The van der Waals surface area contributed by atoms with E-state index in [-0.39, 0.29) is 11.7 Å². The molecule has 0 bridgehead atoms. The SMILES string of the molecule is Cc1cccc(-c2nc(-c3cccc(F)c3)nc(C(C)C)n2)c1. The second-order valence-corrected chi connectivity index (χ2v) is 5.88. The van der Waals surface area contributed by atoms with Gasteiger partial charge in [0.15, 0.2) is 11.6 Å². The minimum absolute atomic E-state index is 0.161. The first-order valence-corrected chi connectivity index (χ1v) is 7.62. The van der Waals surface area contributed by atoms with Crippen LogP contribution in [-0.4, -0.2) is 15.0 Å². The summed E-state index contributed by atoms with van der Waals surface area (Å²) < 4.78 is 13.5. The Morgan fingerprint density at radius 3 is 2.00 bits per heavy atom. The van der Waals surface area contributed by atoms with E-state index < -0.39 is 0 Å². The van der Waals surface area contributed by atoms with Crippen LogP contribution in [0.25, 0.3) is 22.8 Å². The van der Waals surface area contributed by atoms with Gasteiger partial charge in [-0.3, -0.25) is 0 Å². The summed E-state index contributed by atoms with van der Waals surface area (Å²) in [6.45, 7) is 6.09. The van der Waals surface area contributed by atoms with Crippen LogP contribution in [0.2, 0.25) is 0 Å². The molecule has 0 fully saturated rings. The number of aryl methyl sites for hydroxylation is 1. The molecule has 0 aliphatic heterocycles. The predicted octanol–water partition coefficient (Wildman–Crippen LogP) is 4.78. The van der Waals surface area contributed by atoms with E-state index in [9.17, 15) is 4.39 Å². The molecule has 0 amide bonds. The Labute approximate surface area is 135 Å². The number of benzene rings is 2. The molecule has 3 nitrogen and oxygen atoms in total. The summed E-state index contributed by atoms with van der Waals surface area (Å²) in [4.78, 5) is 13.6. The molecule has 0 saturated heterocycles. The molecule has 0 spiro atoms. The summed E-state index contributed by atoms with van der Waals surface area (Å²) in [5, 5.41) is 0. The number of nitrogens with zero attached hydrogens (tertiary/aromatic N) is 3. The monoisotopic (exact) mass is 307 g/mol. The highest BCUT2D eigenvalue weighted by Crippen LogP contribution is 2.23. The lowest BCUT2D eigenvalue weighted by atomic mass is 10.1. The van der Waals surface area contributed by atoms with Crippen molar-refractivity contribution < 1.29 is 4.39 Å². The molecule has 0 saturated carbocycles. The normalized spacial score (nSPS) is 11.0. The van der Waals surface area contributed by atoms with Gasteiger partial charge in [0.2, 0.25) is 0 Å². The van der Waals surface area contributed by atoms with Gasteiger partial charge in [-0.1, -0.05) is 49.7 Å². The van der Waals surface area contributed by atoms with Crippen LogP contribution in [0.1, 0.15) is 31.2 Å². The third kappa shape index (κ3) is 3.42. The lowest BCUT2D eigenvalue weighted by Gasteiger charge is -2.10. The van der Waals surface area contributed by atoms with Crippen LogP contribution in [0.3, 0.4) is 0 Å². The van der Waals surface area contributed by atoms with Gasteiger partial charge in [-0.05, 0) is 25.1 Å². The Balaban J connectivity index is 2.17. The zero-order valence-corrected chi connectivity index (χ0v) is 13.4. The van der Waals surface area contributed by atoms with Crippen molar-refractivity contribution in [1.82, 2.24) is 15.0 Å². The van der Waals surface area contributed by atoms with Crippen LogP contribution in [0.5, 0.6) is 0 Å². The third-order valence-electron chi connectivity index (χ3n) is 3.53. The largest absolute Gasteiger partial charge is 0.213 e.